The van der Waals surface area contributed by atoms with Crippen molar-refractivity contribution in [2.24, 2.45) is 5.84 Å². The van der Waals surface area contributed by atoms with Gasteiger partial charge in [0.05, 0.1) is 0 Å². The van der Waals surface area contributed by atoms with Crippen LogP contribution in [0.1, 0.15) is 32.5 Å². The normalized spacial score (nSPS) is 10.4. The Balaban J connectivity index is 2.84. The van der Waals surface area contributed by atoms with Crippen LogP contribution in [-0.2, 0) is 6.42 Å². The van der Waals surface area contributed by atoms with E-state index in [1.54, 1.807) is 0 Å². The molecule has 0 aliphatic carbocycles. The van der Waals surface area contributed by atoms with E-state index in [1.807, 2.05) is 6.92 Å². The molecule has 0 radical (unpaired) electrons. The summed E-state index contributed by atoms with van der Waals surface area (Å²) in [6, 6.07) is 0. The molecule has 84 valence electrons. The average molecular weight is 230 g/mol. The average Bonchev–Trinajstić information content (AvgIpc) is 2.24. The van der Waals surface area contributed by atoms with Crippen molar-refractivity contribution < 1.29 is 0 Å². The van der Waals surface area contributed by atoms with Crippen molar-refractivity contribution in [2.45, 2.75) is 33.1 Å². The van der Waals surface area contributed by atoms with E-state index in [0.717, 1.165) is 19.3 Å². The molecule has 0 fully saturated rings. The summed E-state index contributed by atoms with van der Waals surface area (Å²) in [5.74, 6) is 6.82. The molecule has 1 heterocycles. The van der Waals surface area contributed by atoms with Gasteiger partial charge in [-0.15, -0.1) is 0 Å². The zero-order valence-electron chi connectivity index (χ0n) is 9.07. The van der Waals surface area contributed by atoms with E-state index in [9.17, 15) is 0 Å². The van der Waals surface area contributed by atoms with Crippen LogP contribution in [0.2, 0.25) is 5.28 Å². The zero-order valence-corrected chi connectivity index (χ0v) is 9.83. The second-order valence-electron chi connectivity index (χ2n) is 3.21. The maximum absolute atomic E-state index is 5.79. The highest BCUT2D eigenvalue weighted by Gasteiger charge is 2.07. The smallest absolute Gasteiger partial charge is 0.244 e. The van der Waals surface area contributed by atoms with E-state index in [-0.39, 0.29) is 5.28 Å². The van der Waals surface area contributed by atoms with Crippen molar-refractivity contribution in [3.63, 3.8) is 0 Å². The lowest BCUT2D eigenvalue weighted by atomic mass is 10.2. The molecule has 0 aromatic carbocycles. The summed E-state index contributed by atoms with van der Waals surface area (Å²) in [5.41, 5.74) is 0. The van der Waals surface area contributed by atoms with Crippen LogP contribution >= 0.6 is 11.6 Å². The first-order chi connectivity index (χ1) is 7.17. The number of rotatable bonds is 5. The fourth-order valence-corrected chi connectivity index (χ4v) is 1.27. The number of aromatic nitrogens is 3. The number of anilines is 1. The molecule has 1 rings (SSSR count). The number of hydrazine groups is 1. The molecule has 6 heteroatoms. The minimum absolute atomic E-state index is 0.204. The third kappa shape index (κ3) is 3.60. The quantitative estimate of drug-likeness (QED) is 0.613. The van der Waals surface area contributed by atoms with Gasteiger partial charge in [-0.2, -0.15) is 9.97 Å². The molecule has 0 spiro atoms. The maximum Gasteiger partial charge on any atom is 0.244 e. The summed E-state index contributed by atoms with van der Waals surface area (Å²) in [6.07, 6.45) is 2.94. The van der Waals surface area contributed by atoms with Crippen LogP contribution in [-0.4, -0.2) is 21.5 Å². The van der Waals surface area contributed by atoms with Gasteiger partial charge in [0.25, 0.3) is 0 Å². The van der Waals surface area contributed by atoms with Crippen LogP contribution in [0.5, 0.6) is 0 Å². The van der Waals surface area contributed by atoms with Gasteiger partial charge in [0.15, 0.2) is 0 Å². The molecule has 0 saturated carbocycles. The molecule has 0 unspecified atom stereocenters. The standard InChI is InChI=1S/C9H16ClN5/c1-3-5-6-7-12-8(10)14-9(13-7)15(11)4-2/h3-6,11H2,1-2H3. The Bertz CT molecular complexity index is 317. The van der Waals surface area contributed by atoms with Gasteiger partial charge in [0.2, 0.25) is 11.2 Å². The van der Waals surface area contributed by atoms with Crippen LogP contribution in [0, 0.1) is 0 Å². The molecule has 5 nitrogen and oxygen atoms in total. The van der Waals surface area contributed by atoms with Crippen molar-refractivity contribution in [1.82, 2.24) is 15.0 Å². The van der Waals surface area contributed by atoms with Crippen LogP contribution in [0.15, 0.2) is 0 Å². The van der Waals surface area contributed by atoms with E-state index >= 15 is 0 Å². The minimum Gasteiger partial charge on any atom is -0.279 e. The predicted molar refractivity (Wildman–Crippen MR) is 60.7 cm³/mol. The molecule has 0 bridgehead atoms. The van der Waals surface area contributed by atoms with Crippen molar-refractivity contribution in [2.75, 3.05) is 11.6 Å². The third-order valence-electron chi connectivity index (χ3n) is 1.99. The number of nitrogens with two attached hydrogens (primary N) is 1. The van der Waals surface area contributed by atoms with Gasteiger partial charge in [-0.1, -0.05) is 13.3 Å². The number of halogens is 1. The Morgan fingerprint density at radius 2 is 2.00 bits per heavy atom. The number of hydrogen-bond donors (Lipinski definition) is 1. The van der Waals surface area contributed by atoms with E-state index < -0.39 is 0 Å². The molecule has 0 saturated heterocycles. The van der Waals surface area contributed by atoms with Gasteiger partial charge in [-0.3, -0.25) is 5.01 Å². The van der Waals surface area contributed by atoms with Gasteiger partial charge in [0, 0.05) is 13.0 Å². The number of aryl methyl sites for hydroxylation is 1. The summed E-state index contributed by atoms with van der Waals surface area (Å²) in [4.78, 5) is 12.2. The predicted octanol–water partition coefficient (Wildman–Crippen LogP) is 1.57. The largest absolute Gasteiger partial charge is 0.279 e. The Kier molecular flexibility index (Phi) is 4.71. The number of nitrogens with zero attached hydrogens (tertiary/aromatic N) is 4. The first-order valence-corrected chi connectivity index (χ1v) is 5.47. The Morgan fingerprint density at radius 1 is 1.27 bits per heavy atom. The fraction of sp³-hybridized carbons (Fsp3) is 0.667. The highest BCUT2D eigenvalue weighted by atomic mass is 35.5. The molecule has 1 aromatic heterocycles. The molecule has 15 heavy (non-hydrogen) atoms. The topological polar surface area (TPSA) is 67.9 Å². The van der Waals surface area contributed by atoms with Gasteiger partial charge in [-0.05, 0) is 24.9 Å². The van der Waals surface area contributed by atoms with Crippen molar-refractivity contribution >= 4 is 17.5 Å². The summed E-state index contributed by atoms with van der Waals surface area (Å²) in [5, 5.41) is 1.65. The minimum atomic E-state index is 0.204. The van der Waals surface area contributed by atoms with Crippen molar-refractivity contribution in [1.29, 1.82) is 0 Å². The van der Waals surface area contributed by atoms with Gasteiger partial charge in [-0.25, -0.2) is 10.8 Å². The molecular weight excluding hydrogens is 214 g/mol. The summed E-state index contributed by atoms with van der Waals surface area (Å²) >= 11 is 5.79. The van der Waals surface area contributed by atoms with Gasteiger partial charge >= 0.3 is 0 Å². The first kappa shape index (κ1) is 12.1. The summed E-state index contributed by atoms with van der Waals surface area (Å²) < 4.78 is 0. The second kappa shape index (κ2) is 5.82. The first-order valence-electron chi connectivity index (χ1n) is 5.10. The Hall–Kier alpha value is -0.940. The molecule has 0 aliphatic heterocycles. The lowest BCUT2D eigenvalue weighted by Gasteiger charge is -2.14. The van der Waals surface area contributed by atoms with Crippen LogP contribution in [0.3, 0.4) is 0 Å². The molecular formula is C9H16ClN5. The highest BCUT2D eigenvalue weighted by Crippen LogP contribution is 2.10. The van der Waals surface area contributed by atoms with Crippen molar-refractivity contribution in [3.05, 3.63) is 11.1 Å². The van der Waals surface area contributed by atoms with Crippen LogP contribution in [0.4, 0.5) is 5.95 Å². The van der Waals surface area contributed by atoms with E-state index in [0.29, 0.717) is 18.3 Å². The van der Waals surface area contributed by atoms with E-state index in [4.69, 9.17) is 17.4 Å². The zero-order chi connectivity index (χ0) is 11.3. The third-order valence-corrected chi connectivity index (χ3v) is 2.16. The van der Waals surface area contributed by atoms with Crippen LogP contribution in [0.25, 0.3) is 0 Å². The molecule has 1 aromatic rings. The summed E-state index contributed by atoms with van der Waals surface area (Å²) in [7, 11) is 0. The maximum atomic E-state index is 5.79. The number of unbranched alkanes of at least 4 members (excludes halogenated alkanes) is 1. The fourth-order valence-electron chi connectivity index (χ4n) is 1.10. The molecule has 0 aliphatic rings. The lowest BCUT2D eigenvalue weighted by Crippen LogP contribution is -2.32. The molecule has 0 amide bonds. The Labute approximate surface area is 94.7 Å². The van der Waals surface area contributed by atoms with E-state index in [1.165, 1.54) is 5.01 Å². The number of hydrogen-bond acceptors (Lipinski definition) is 5. The SMILES string of the molecule is CCCCc1nc(Cl)nc(N(N)CC)n1. The monoisotopic (exact) mass is 229 g/mol. The lowest BCUT2D eigenvalue weighted by molar-refractivity contribution is 0.731. The van der Waals surface area contributed by atoms with Crippen molar-refractivity contribution in [3.8, 4) is 0 Å². The van der Waals surface area contributed by atoms with E-state index in [2.05, 4.69) is 21.9 Å². The summed E-state index contributed by atoms with van der Waals surface area (Å²) in [6.45, 7) is 4.67. The Morgan fingerprint density at radius 3 is 2.60 bits per heavy atom. The van der Waals surface area contributed by atoms with Gasteiger partial charge in [0.1, 0.15) is 5.82 Å². The molecule has 2 N–H and O–H groups in total. The van der Waals surface area contributed by atoms with Crippen LogP contribution < -0.4 is 10.9 Å². The highest BCUT2D eigenvalue weighted by molar-refractivity contribution is 6.28. The van der Waals surface area contributed by atoms with Gasteiger partial charge < -0.3 is 0 Å². The molecule has 0 atom stereocenters. The second-order valence-corrected chi connectivity index (χ2v) is 3.55.